The minimum Gasteiger partial charge on any atom is -0.441 e. The second-order valence-corrected chi connectivity index (χ2v) is 11.0. The molecule has 0 spiro atoms. The maximum atomic E-state index is 13.2. The molecule has 0 radical (unpaired) electrons. The molecular formula is C32H30Br2N2O2. The number of esters is 1. The molecule has 1 atom stereocenters. The van der Waals surface area contributed by atoms with Crippen molar-refractivity contribution in [1.82, 2.24) is 0 Å². The van der Waals surface area contributed by atoms with Gasteiger partial charge in [-0.15, -0.1) is 0 Å². The third-order valence-corrected chi connectivity index (χ3v) is 8.46. The molecule has 194 valence electrons. The predicted molar refractivity (Wildman–Crippen MR) is 162 cm³/mol. The monoisotopic (exact) mass is 632 g/mol. The first kappa shape index (κ1) is 26.5. The van der Waals surface area contributed by atoms with Crippen molar-refractivity contribution < 1.29 is 9.53 Å². The van der Waals surface area contributed by atoms with Crippen molar-refractivity contribution >= 4 is 49.2 Å². The number of halogens is 2. The first-order valence-electron chi connectivity index (χ1n) is 12.9. The summed E-state index contributed by atoms with van der Waals surface area (Å²) in [5, 5.41) is 3.51. The molecule has 0 bridgehead atoms. The standard InChI is InChI=1S/C32H30Br2N2O2/c1-3-36(4-2)29-18-15-24(21-28(29)34)32(30-26(31(37)38-32)11-8-12-27(30)33)23-13-16-25(17-14-23)35-20-19-22-9-6-5-7-10-22/h5-18,21,35H,3-4,19-20H2,1-2H3. The highest BCUT2D eigenvalue weighted by molar-refractivity contribution is 9.11. The number of hydrogen-bond acceptors (Lipinski definition) is 4. The number of nitrogens with one attached hydrogen (secondary N) is 1. The summed E-state index contributed by atoms with van der Waals surface area (Å²) in [7, 11) is 0. The molecule has 4 aromatic rings. The summed E-state index contributed by atoms with van der Waals surface area (Å²) in [4.78, 5) is 15.5. The lowest BCUT2D eigenvalue weighted by molar-refractivity contribution is 0.0250. The van der Waals surface area contributed by atoms with Crippen LogP contribution in [0.1, 0.15) is 46.5 Å². The lowest BCUT2D eigenvalue weighted by Crippen LogP contribution is -2.30. The zero-order valence-corrected chi connectivity index (χ0v) is 24.7. The van der Waals surface area contributed by atoms with Gasteiger partial charge in [0.25, 0.3) is 0 Å². The second-order valence-electron chi connectivity index (χ2n) is 9.31. The molecule has 0 saturated heterocycles. The van der Waals surface area contributed by atoms with Crippen LogP contribution in [0.3, 0.4) is 0 Å². The Hall–Kier alpha value is -3.09. The Labute approximate surface area is 241 Å². The van der Waals surface area contributed by atoms with Gasteiger partial charge in [-0.25, -0.2) is 4.79 Å². The van der Waals surface area contributed by atoms with Gasteiger partial charge >= 0.3 is 5.97 Å². The maximum Gasteiger partial charge on any atom is 0.340 e. The minimum absolute atomic E-state index is 0.324. The van der Waals surface area contributed by atoms with Crippen molar-refractivity contribution in [2.75, 3.05) is 29.9 Å². The van der Waals surface area contributed by atoms with Gasteiger partial charge in [-0.1, -0.05) is 70.5 Å². The van der Waals surface area contributed by atoms with E-state index in [-0.39, 0.29) is 5.97 Å². The lowest BCUT2D eigenvalue weighted by Gasteiger charge is -2.32. The SMILES string of the molecule is CCN(CC)c1ccc(C2(c3ccc(NCCc4ccccc4)cc3)OC(=O)c3cccc(Br)c32)cc1Br. The fraction of sp³-hybridized carbons (Fsp3) is 0.219. The third-order valence-electron chi connectivity index (χ3n) is 7.17. The number of benzene rings is 4. The van der Waals surface area contributed by atoms with Crippen LogP contribution in [-0.4, -0.2) is 25.6 Å². The molecule has 6 heteroatoms. The van der Waals surface area contributed by atoms with E-state index in [9.17, 15) is 4.79 Å². The molecule has 1 heterocycles. The van der Waals surface area contributed by atoms with Crippen molar-refractivity contribution in [3.05, 3.63) is 128 Å². The number of cyclic esters (lactones) is 1. The van der Waals surface area contributed by atoms with Gasteiger partial charge in [-0.3, -0.25) is 0 Å². The molecule has 1 N–H and O–H groups in total. The summed E-state index contributed by atoms with van der Waals surface area (Å²) in [6.45, 7) is 6.93. The number of fused-ring (bicyclic) bond motifs is 1. The van der Waals surface area contributed by atoms with Crippen LogP contribution in [0.2, 0.25) is 0 Å². The van der Waals surface area contributed by atoms with Gasteiger partial charge in [0.05, 0.1) is 11.3 Å². The summed E-state index contributed by atoms with van der Waals surface area (Å²) in [6.07, 6.45) is 0.942. The van der Waals surface area contributed by atoms with Gasteiger partial charge in [0.15, 0.2) is 5.60 Å². The first-order valence-corrected chi connectivity index (χ1v) is 14.5. The van der Waals surface area contributed by atoms with Crippen molar-refractivity contribution in [3.63, 3.8) is 0 Å². The van der Waals surface area contributed by atoms with Crippen LogP contribution in [0.5, 0.6) is 0 Å². The van der Waals surface area contributed by atoms with E-state index in [0.29, 0.717) is 5.56 Å². The van der Waals surface area contributed by atoms with Crippen LogP contribution in [0.4, 0.5) is 11.4 Å². The van der Waals surface area contributed by atoms with Gasteiger partial charge < -0.3 is 15.0 Å². The second kappa shape index (κ2) is 11.3. The van der Waals surface area contributed by atoms with Crippen molar-refractivity contribution in [2.24, 2.45) is 0 Å². The van der Waals surface area contributed by atoms with E-state index in [1.54, 1.807) is 0 Å². The fourth-order valence-electron chi connectivity index (χ4n) is 5.24. The molecule has 0 saturated carbocycles. The van der Waals surface area contributed by atoms with E-state index in [2.05, 4.69) is 123 Å². The number of carbonyl (C=O) groups is 1. The van der Waals surface area contributed by atoms with E-state index in [0.717, 1.165) is 63.1 Å². The number of ether oxygens (including phenoxy) is 1. The lowest BCUT2D eigenvalue weighted by atomic mass is 9.79. The molecule has 0 fully saturated rings. The van der Waals surface area contributed by atoms with Crippen LogP contribution in [0.25, 0.3) is 0 Å². The normalized spacial score (nSPS) is 16.2. The molecule has 1 aliphatic heterocycles. The van der Waals surface area contributed by atoms with Gasteiger partial charge in [-0.2, -0.15) is 0 Å². The molecule has 0 aromatic heterocycles. The molecule has 1 aliphatic rings. The number of carbonyl (C=O) groups excluding carboxylic acids is 1. The Morgan fingerprint density at radius 1 is 0.816 bits per heavy atom. The van der Waals surface area contributed by atoms with Crippen LogP contribution in [0, 0.1) is 0 Å². The topological polar surface area (TPSA) is 41.6 Å². The summed E-state index contributed by atoms with van der Waals surface area (Å²) < 4.78 is 8.14. The Morgan fingerprint density at radius 3 is 2.21 bits per heavy atom. The molecule has 4 nitrogen and oxygen atoms in total. The highest BCUT2D eigenvalue weighted by atomic mass is 79.9. The average Bonchev–Trinajstić information content (AvgIpc) is 3.25. The highest BCUT2D eigenvalue weighted by Gasteiger charge is 2.50. The van der Waals surface area contributed by atoms with Crippen LogP contribution < -0.4 is 10.2 Å². The quantitative estimate of drug-likeness (QED) is 0.189. The van der Waals surface area contributed by atoms with Crippen LogP contribution in [-0.2, 0) is 16.8 Å². The maximum absolute atomic E-state index is 13.2. The largest absolute Gasteiger partial charge is 0.441 e. The Morgan fingerprint density at radius 2 is 1.53 bits per heavy atom. The number of hydrogen-bond donors (Lipinski definition) is 1. The molecule has 0 amide bonds. The van der Waals surface area contributed by atoms with Crippen LogP contribution >= 0.6 is 31.9 Å². The molecule has 5 rings (SSSR count). The smallest absolute Gasteiger partial charge is 0.340 e. The van der Waals surface area contributed by atoms with Gasteiger partial charge in [-0.05, 0) is 78.2 Å². The summed E-state index contributed by atoms with van der Waals surface area (Å²) in [6, 6.07) is 30.6. The zero-order valence-electron chi connectivity index (χ0n) is 21.5. The molecule has 4 aromatic carbocycles. The molecule has 1 unspecified atom stereocenters. The number of anilines is 2. The van der Waals surface area contributed by atoms with Gasteiger partial charge in [0.1, 0.15) is 0 Å². The first-order chi connectivity index (χ1) is 18.5. The van der Waals surface area contributed by atoms with Crippen molar-refractivity contribution in [2.45, 2.75) is 25.9 Å². The van der Waals surface area contributed by atoms with Gasteiger partial charge in [0.2, 0.25) is 0 Å². The molecule has 38 heavy (non-hydrogen) atoms. The van der Waals surface area contributed by atoms with Crippen molar-refractivity contribution in [3.8, 4) is 0 Å². The highest BCUT2D eigenvalue weighted by Crippen LogP contribution is 2.50. The molecule has 0 aliphatic carbocycles. The van der Waals surface area contributed by atoms with E-state index in [4.69, 9.17) is 4.74 Å². The van der Waals surface area contributed by atoms with Crippen molar-refractivity contribution in [1.29, 1.82) is 0 Å². The Kier molecular flexibility index (Phi) is 7.91. The fourth-order valence-corrected chi connectivity index (χ4v) is 6.51. The third kappa shape index (κ3) is 4.87. The summed E-state index contributed by atoms with van der Waals surface area (Å²) >= 11 is 7.53. The summed E-state index contributed by atoms with van der Waals surface area (Å²) in [5.74, 6) is -0.324. The average molecular weight is 634 g/mol. The van der Waals surface area contributed by atoms with E-state index < -0.39 is 5.60 Å². The minimum atomic E-state index is -1.07. The zero-order chi connectivity index (χ0) is 26.7. The Bertz CT molecular complexity index is 1440. The van der Waals surface area contributed by atoms with Crippen LogP contribution in [0.15, 0.2) is 99.9 Å². The Balaban J connectivity index is 1.54. The van der Waals surface area contributed by atoms with E-state index >= 15 is 0 Å². The van der Waals surface area contributed by atoms with E-state index in [1.165, 1.54) is 5.56 Å². The number of nitrogens with zero attached hydrogens (tertiary/aromatic N) is 1. The van der Waals surface area contributed by atoms with Gasteiger partial charge in [0, 0.05) is 51.0 Å². The molecular weight excluding hydrogens is 604 g/mol. The summed E-state index contributed by atoms with van der Waals surface area (Å²) in [5.41, 5.74) is 5.56. The number of rotatable bonds is 9. The van der Waals surface area contributed by atoms with E-state index in [1.807, 2.05) is 24.3 Å². The predicted octanol–water partition coefficient (Wildman–Crippen LogP) is 8.17.